The standard InChI is InChI=1S/C12H13ClF3N5O2/c1-8-10(13)4-20(19-8)5-11(22)18-9-2-17-21(3-9)7-23-6-12(14,15)16/h2-4H,5-7H2,1H3,(H,18,22). The van der Waals surface area contributed by atoms with E-state index in [9.17, 15) is 18.0 Å². The number of amides is 1. The molecule has 0 atom stereocenters. The van der Waals surface area contributed by atoms with Crippen LogP contribution in [0.1, 0.15) is 5.69 Å². The van der Waals surface area contributed by atoms with Crippen molar-refractivity contribution < 1.29 is 22.7 Å². The van der Waals surface area contributed by atoms with Crippen molar-refractivity contribution in [2.24, 2.45) is 0 Å². The maximum Gasteiger partial charge on any atom is 0.411 e. The summed E-state index contributed by atoms with van der Waals surface area (Å²) < 4.78 is 42.8. The zero-order valence-electron chi connectivity index (χ0n) is 12.0. The lowest BCUT2D eigenvalue weighted by molar-refractivity contribution is -0.182. The van der Waals surface area contributed by atoms with Crippen molar-refractivity contribution in [2.45, 2.75) is 26.4 Å². The zero-order valence-corrected chi connectivity index (χ0v) is 12.7. The lowest BCUT2D eigenvalue weighted by Crippen LogP contribution is -2.19. The van der Waals surface area contributed by atoms with Crippen LogP contribution in [0.5, 0.6) is 0 Å². The fourth-order valence-electron chi connectivity index (χ4n) is 1.68. The zero-order chi connectivity index (χ0) is 17.0. The number of aryl methyl sites for hydroxylation is 1. The molecule has 2 rings (SSSR count). The Bertz CT molecular complexity index is 663. The van der Waals surface area contributed by atoms with Crippen LogP contribution in [0.25, 0.3) is 0 Å². The molecule has 0 aliphatic heterocycles. The first-order chi connectivity index (χ1) is 10.7. The van der Waals surface area contributed by atoms with Crippen molar-refractivity contribution in [1.82, 2.24) is 19.6 Å². The van der Waals surface area contributed by atoms with E-state index in [0.717, 1.165) is 4.68 Å². The third-order valence-electron chi connectivity index (χ3n) is 2.60. The van der Waals surface area contributed by atoms with Gasteiger partial charge in [0.2, 0.25) is 5.91 Å². The molecule has 0 spiro atoms. The number of anilines is 1. The van der Waals surface area contributed by atoms with E-state index in [1.807, 2.05) is 0 Å². The van der Waals surface area contributed by atoms with Gasteiger partial charge in [-0.25, -0.2) is 4.68 Å². The van der Waals surface area contributed by atoms with Crippen molar-refractivity contribution in [3.63, 3.8) is 0 Å². The van der Waals surface area contributed by atoms with Crippen LogP contribution < -0.4 is 5.32 Å². The molecular formula is C12H13ClF3N5O2. The van der Waals surface area contributed by atoms with Gasteiger partial charge in [-0.2, -0.15) is 23.4 Å². The second kappa shape index (κ2) is 7.01. The largest absolute Gasteiger partial charge is 0.411 e. The van der Waals surface area contributed by atoms with E-state index >= 15 is 0 Å². The van der Waals surface area contributed by atoms with Gasteiger partial charge in [0.1, 0.15) is 19.9 Å². The molecule has 11 heteroatoms. The Morgan fingerprint density at radius 3 is 2.74 bits per heavy atom. The molecule has 0 bridgehead atoms. The number of nitrogens with one attached hydrogen (secondary N) is 1. The predicted molar refractivity (Wildman–Crippen MR) is 74.8 cm³/mol. The number of nitrogens with zero attached hydrogens (tertiary/aromatic N) is 4. The Hall–Kier alpha value is -2.07. The lowest BCUT2D eigenvalue weighted by atomic mass is 10.5. The summed E-state index contributed by atoms with van der Waals surface area (Å²) in [5, 5.41) is 10.8. The Morgan fingerprint density at radius 1 is 1.39 bits per heavy atom. The molecule has 126 valence electrons. The van der Waals surface area contributed by atoms with Gasteiger partial charge in [-0.05, 0) is 6.92 Å². The van der Waals surface area contributed by atoms with E-state index in [1.165, 1.54) is 23.3 Å². The van der Waals surface area contributed by atoms with Crippen LogP contribution in [0.2, 0.25) is 5.02 Å². The summed E-state index contributed by atoms with van der Waals surface area (Å²) in [5.41, 5.74) is 0.940. The minimum Gasteiger partial charge on any atom is -0.350 e. The van der Waals surface area contributed by atoms with Crippen molar-refractivity contribution >= 4 is 23.2 Å². The summed E-state index contributed by atoms with van der Waals surface area (Å²) in [6.07, 6.45) is -0.218. The van der Waals surface area contributed by atoms with Crippen LogP contribution >= 0.6 is 11.6 Å². The molecule has 0 aromatic carbocycles. The smallest absolute Gasteiger partial charge is 0.350 e. The molecule has 2 aromatic rings. The van der Waals surface area contributed by atoms with E-state index in [4.69, 9.17) is 11.6 Å². The minimum atomic E-state index is -4.40. The van der Waals surface area contributed by atoms with Gasteiger partial charge in [-0.15, -0.1) is 0 Å². The molecule has 0 radical (unpaired) electrons. The number of ether oxygens (including phenoxy) is 1. The van der Waals surface area contributed by atoms with Gasteiger partial charge in [-0.3, -0.25) is 9.48 Å². The summed E-state index contributed by atoms with van der Waals surface area (Å²) in [5.74, 6) is -0.375. The molecule has 0 saturated carbocycles. The van der Waals surface area contributed by atoms with E-state index in [-0.39, 0.29) is 19.2 Å². The average Bonchev–Trinajstić information content (AvgIpc) is 2.96. The SMILES string of the molecule is Cc1nn(CC(=O)Nc2cnn(COCC(F)(F)F)c2)cc1Cl. The summed E-state index contributed by atoms with van der Waals surface area (Å²) in [6.45, 7) is -0.0810. The molecule has 0 saturated heterocycles. The highest BCUT2D eigenvalue weighted by atomic mass is 35.5. The van der Waals surface area contributed by atoms with Crippen LogP contribution in [0.3, 0.4) is 0 Å². The number of hydrogen-bond acceptors (Lipinski definition) is 4. The quantitative estimate of drug-likeness (QED) is 0.866. The maximum atomic E-state index is 11.9. The van der Waals surface area contributed by atoms with Crippen molar-refractivity contribution in [1.29, 1.82) is 0 Å². The first kappa shape index (κ1) is 17.3. The lowest BCUT2D eigenvalue weighted by Gasteiger charge is -2.07. The molecule has 0 aliphatic rings. The average molecular weight is 352 g/mol. The highest BCUT2D eigenvalue weighted by Gasteiger charge is 2.27. The first-order valence-corrected chi connectivity index (χ1v) is 6.77. The van der Waals surface area contributed by atoms with Gasteiger partial charge >= 0.3 is 6.18 Å². The topological polar surface area (TPSA) is 74.0 Å². The number of aromatic nitrogens is 4. The molecular weight excluding hydrogens is 339 g/mol. The molecule has 2 heterocycles. The van der Waals surface area contributed by atoms with Gasteiger partial charge in [0.05, 0.1) is 28.8 Å². The van der Waals surface area contributed by atoms with Crippen LogP contribution in [-0.4, -0.2) is 38.3 Å². The molecule has 0 aliphatic carbocycles. The first-order valence-electron chi connectivity index (χ1n) is 6.39. The minimum absolute atomic E-state index is 0.0523. The Balaban J connectivity index is 1.82. The van der Waals surface area contributed by atoms with Crippen LogP contribution in [0.15, 0.2) is 18.6 Å². The Morgan fingerprint density at radius 2 is 2.13 bits per heavy atom. The fraction of sp³-hybridized carbons (Fsp3) is 0.417. The molecule has 0 unspecified atom stereocenters. The summed E-state index contributed by atoms with van der Waals surface area (Å²) in [7, 11) is 0. The van der Waals surface area contributed by atoms with Crippen LogP contribution in [0, 0.1) is 6.92 Å². The summed E-state index contributed by atoms with van der Waals surface area (Å²) >= 11 is 5.83. The molecule has 7 nitrogen and oxygen atoms in total. The Kier molecular flexibility index (Phi) is 5.26. The van der Waals surface area contributed by atoms with E-state index in [0.29, 0.717) is 16.4 Å². The van der Waals surface area contributed by atoms with Crippen molar-refractivity contribution in [2.75, 3.05) is 11.9 Å². The fourth-order valence-corrected chi connectivity index (χ4v) is 1.83. The van der Waals surface area contributed by atoms with Gasteiger partial charge < -0.3 is 10.1 Å². The molecule has 2 aromatic heterocycles. The van der Waals surface area contributed by atoms with E-state index in [2.05, 4.69) is 20.3 Å². The Labute approximate surface area is 134 Å². The molecule has 23 heavy (non-hydrogen) atoms. The van der Waals surface area contributed by atoms with Crippen LogP contribution in [-0.2, 0) is 22.8 Å². The van der Waals surface area contributed by atoms with Gasteiger partial charge in [0.25, 0.3) is 0 Å². The van der Waals surface area contributed by atoms with E-state index < -0.39 is 12.8 Å². The van der Waals surface area contributed by atoms with Gasteiger partial charge in [0, 0.05) is 6.20 Å². The number of carbonyl (C=O) groups excluding carboxylic acids is 1. The summed E-state index contributed by atoms with van der Waals surface area (Å²) in [4.78, 5) is 11.8. The summed E-state index contributed by atoms with van der Waals surface area (Å²) in [6, 6.07) is 0. The molecule has 1 N–H and O–H groups in total. The van der Waals surface area contributed by atoms with Gasteiger partial charge in [0.15, 0.2) is 0 Å². The number of carbonyl (C=O) groups is 1. The number of alkyl halides is 3. The van der Waals surface area contributed by atoms with Crippen molar-refractivity contribution in [3.05, 3.63) is 29.3 Å². The monoisotopic (exact) mass is 351 g/mol. The molecule has 0 fully saturated rings. The van der Waals surface area contributed by atoms with Gasteiger partial charge in [-0.1, -0.05) is 11.6 Å². The highest BCUT2D eigenvalue weighted by molar-refractivity contribution is 6.31. The second-order valence-corrected chi connectivity index (χ2v) is 5.08. The van der Waals surface area contributed by atoms with Crippen molar-refractivity contribution in [3.8, 4) is 0 Å². The molecule has 1 amide bonds. The maximum absolute atomic E-state index is 11.9. The number of hydrogen-bond donors (Lipinski definition) is 1. The third-order valence-corrected chi connectivity index (χ3v) is 2.97. The third kappa shape index (κ3) is 5.57. The predicted octanol–water partition coefficient (Wildman–Crippen LogP) is 2.22. The van der Waals surface area contributed by atoms with E-state index in [1.54, 1.807) is 6.92 Å². The number of halogens is 4. The number of rotatable bonds is 6. The normalized spacial score (nSPS) is 11.7. The van der Waals surface area contributed by atoms with Crippen LogP contribution in [0.4, 0.5) is 18.9 Å². The second-order valence-electron chi connectivity index (χ2n) is 4.67. The highest BCUT2D eigenvalue weighted by Crippen LogP contribution is 2.15.